The quantitative estimate of drug-likeness (QED) is 0.654. The van der Waals surface area contributed by atoms with E-state index in [4.69, 9.17) is 0 Å². The number of hydrogen-bond donors (Lipinski definition) is 3. The van der Waals surface area contributed by atoms with Gasteiger partial charge in [-0.3, -0.25) is 19.6 Å². The van der Waals surface area contributed by atoms with Crippen molar-refractivity contribution < 1.29 is 14.7 Å². The number of aliphatic hydroxyl groups excluding tert-OH is 1. The molecule has 28 heavy (non-hydrogen) atoms. The summed E-state index contributed by atoms with van der Waals surface area (Å²) >= 11 is 0. The van der Waals surface area contributed by atoms with Crippen LogP contribution in [0, 0.1) is 0 Å². The molecule has 0 radical (unpaired) electrons. The Bertz CT molecular complexity index is 887. The fourth-order valence-corrected chi connectivity index (χ4v) is 4.41. The standard InChI is InChI=1S/C20H27N5O3/c1-24-17-12-14(25(10-11-26)13-6-8-21-9-7-13)2-3-15(17)19(23-24)16-4-5-18(27)22-20(16)28/h2-3,12-13,16,21,26H,4-11H2,1H3,(H,22,27,28). The van der Waals surface area contributed by atoms with Crippen molar-refractivity contribution >= 4 is 28.4 Å². The van der Waals surface area contributed by atoms with Gasteiger partial charge in [0.15, 0.2) is 0 Å². The Morgan fingerprint density at radius 2 is 2.04 bits per heavy atom. The summed E-state index contributed by atoms with van der Waals surface area (Å²) in [4.78, 5) is 26.0. The minimum absolute atomic E-state index is 0.106. The third-order valence-electron chi connectivity index (χ3n) is 5.85. The molecule has 0 bridgehead atoms. The molecular formula is C20H27N5O3. The predicted molar refractivity (Wildman–Crippen MR) is 106 cm³/mol. The molecule has 2 fully saturated rings. The number of nitrogens with zero attached hydrogens (tertiary/aromatic N) is 3. The second-order valence-electron chi connectivity index (χ2n) is 7.61. The normalized spacial score (nSPS) is 21.1. The molecule has 150 valence electrons. The number of aryl methyl sites for hydroxylation is 1. The lowest BCUT2D eigenvalue weighted by Crippen LogP contribution is -2.44. The number of carbonyl (C=O) groups is 2. The molecule has 0 saturated carbocycles. The van der Waals surface area contributed by atoms with Crippen molar-refractivity contribution in [1.82, 2.24) is 20.4 Å². The molecule has 0 spiro atoms. The zero-order chi connectivity index (χ0) is 19.7. The van der Waals surface area contributed by atoms with E-state index in [2.05, 4.69) is 32.8 Å². The van der Waals surface area contributed by atoms with E-state index < -0.39 is 5.92 Å². The summed E-state index contributed by atoms with van der Waals surface area (Å²) in [6, 6.07) is 6.56. The first-order chi connectivity index (χ1) is 13.6. The number of piperidine rings is 2. The maximum atomic E-state index is 12.3. The van der Waals surface area contributed by atoms with Crippen LogP contribution in [0.3, 0.4) is 0 Å². The summed E-state index contributed by atoms with van der Waals surface area (Å²) in [5.74, 6) is -0.882. The number of aromatic nitrogens is 2. The third-order valence-corrected chi connectivity index (χ3v) is 5.85. The highest BCUT2D eigenvalue weighted by Gasteiger charge is 2.32. The van der Waals surface area contributed by atoms with Crippen molar-refractivity contribution in [3.63, 3.8) is 0 Å². The SMILES string of the molecule is Cn1nc(C2CCC(=O)NC2=O)c2ccc(N(CCO)C3CCNCC3)cc21. The summed E-state index contributed by atoms with van der Waals surface area (Å²) in [5, 5.41) is 20.9. The lowest BCUT2D eigenvalue weighted by molar-refractivity contribution is -0.134. The number of anilines is 1. The summed E-state index contributed by atoms with van der Waals surface area (Å²) in [6.07, 6.45) is 2.92. The molecule has 2 aliphatic heterocycles. The highest BCUT2D eigenvalue weighted by Crippen LogP contribution is 2.33. The van der Waals surface area contributed by atoms with Gasteiger partial charge in [-0.15, -0.1) is 0 Å². The monoisotopic (exact) mass is 385 g/mol. The van der Waals surface area contributed by atoms with E-state index >= 15 is 0 Å². The smallest absolute Gasteiger partial charge is 0.235 e. The van der Waals surface area contributed by atoms with E-state index in [0.29, 0.717) is 25.4 Å². The Morgan fingerprint density at radius 1 is 1.25 bits per heavy atom. The molecule has 2 amide bonds. The van der Waals surface area contributed by atoms with E-state index in [0.717, 1.165) is 48.2 Å². The molecule has 2 aromatic rings. The Morgan fingerprint density at radius 3 is 2.75 bits per heavy atom. The van der Waals surface area contributed by atoms with Crippen molar-refractivity contribution in [2.75, 3.05) is 31.1 Å². The number of aliphatic hydroxyl groups is 1. The zero-order valence-electron chi connectivity index (χ0n) is 16.1. The Labute approximate surface area is 163 Å². The van der Waals surface area contributed by atoms with Gasteiger partial charge in [0, 0.05) is 37.1 Å². The molecular weight excluding hydrogens is 358 g/mol. The molecule has 8 heteroatoms. The first kappa shape index (κ1) is 18.9. The van der Waals surface area contributed by atoms with Crippen LogP contribution in [0.2, 0.25) is 0 Å². The largest absolute Gasteiger partial charge is 0.395 e. The number of nitrogens with one attached hydrogen (secondary N) is 2. The van der Waals surface area contributed by atoms with Crippen LogP contribution in [-0.2, 0) is 16.6 Å². The molecule has 1 atom stereocenters. The van der Waals surface area contributed by atoms with E-state index in [1.165, 1.54) is 0 Å². The average molecular weight is 385 g/mol. The molecule has 0 aliphatic carbocycles. The number of hydrogen-bond acceptors (Lipinski definition) is 6. The van der Waals surface area contributed by atoms with Crippen molar-refractivity contribution in [1.29, 1.82) is 0 Å². The molecule has 3 N–H and O–H groups in total. The second-order valence-corrected chi connectivity index (χ2v) is 7.61. The number of fused-ring (bicyclic) bond motifs is 1. The lowest BCUT2D eigenvalue weighted by Gasteiger charge is -2.36. The van der Waals surface area contributed by atoms with Crippen LogP contribution in [0.1, 0.15) is 37.3 Å². The topological polar surface area (TPSA) is 99.5 Å². The molecule has 1 aromatic carbocycles. The minimum atomic E-state index is -0.398. The van der Waals surface area contributed by atoms with Gasteiger partial charge in [-0.1, -0.05) is 0 Å². The maximum absolute atomic E-state index is 12.3. The summed E-state index contributed by atoms with van der Waals surface area (Å²) in [5.41, 5.74) is 2.74. The highest BCUT2D eigenvalue weighted by atomic mass is 16.3. The third kappa shape index (κ3) is 3.49. The van der Waals surface area contributed by atoms with Gasteiger partial charge in [-0.25, -0.2) is 0 Å². The van der Waals surface area contributed by atoms with Gasteiger partial charge in [-0.05, 0) is 50.6 Å². The summed E-state index contributed by atoms with van der Waals surface area (Å²) in [6.45, 7) is 2.67. The Balaban J connectivity index is 1.68. The first-order valence-electron chi connectivity index (χ1n) is 9.97. The maximum Gasteiger partial charge on any atom is 0.235 e. The predicted octanol–water partition coefficient (Wildman–Crippen LogP) is 0.644. The van der Waals surface area contributed by atoms with Crippen molar-refractivity contribution in [3.8, 4) is 0 Å². The summed E-state index contributed by atoms with van der Waals surface area (Å²) < 4.78 is 1.80. The van der Waals surface area contributed by atoms with Gasteiger partial charge < -0.3 is 15.3 Å². The summed E-state index contributed by atoms with van der Waals surface area (Å²) in [7, 11) is 1.88. The van der Waals surface area contributed by atoms with Crippen LogP contribution in [0.5, 0.6) is 0 Å². The van der Waals surface area contributed by atoms with Crippen LogP contribution in [0.25, 0.3) is 10.9 Å². The van der Waals surface area contributed by atoms with Gasteiger partial charge in [0.2, 0.25) is 11.8 Å². The number of rotatable bonds is 5. The van der Waals surface area contributed by atoms with Crippen LogP contribution in [0.4, 0.5) is 5.69 Å². The second kappa shape index (κ2) is 7.89. The Hall–Kier alpha value is -2.45. The first-order valence-corrected chi connectivity index (χ1v) is 9.97. The fraction of sp³-hybridized carbons (Fsp3) is 0.550. The zero-order valence-corrected chi connectivity index (χ0v) is 16.1. The van der Waals surface area contributed by atoms with Gasteiger partial charge in [-0.2, -0.15) is 5.10 Å². The highest BCUT2D eigenvalue weighted by molar-refractivity contribution is 6.02. The van der Waals surface area contributed by atoms with Crippen LogP contribution >= 0.6 is 0 Å². The van der Waals surface area contributed by atoms with Gasteiger partial charge in [0.25, 0.3) is 0 Å². The van der Waals surface area contributed by atoms with E-state index in [-0.39, 0.29) is 18.4 Å². The van der Waals surface area contributed by atoms with Crippen molar-refractivity contribution in [2.24, 2.45) is 7.05 Å². The van der Waals surface area contributed by atoms with E-state index in [9.17, 15) is 14.7 Å². The lowest BCUT2D eigenvalue weighted by atomic mass is 9.92. The molecule has 3 heterocycles. The van der Waals surface area contributed by atoms with Crippen LogP contribution < -0.4 is 15.5 Å². The molecule has 1 aromatic heterocycles. The van der Waals surface area contributed by atoms with Crippen molar-refractivity contribution in [3.05, 3.63) is 23.9 Å². The number of imide groups is 1. The molecule has 2 saturated heterocycles. The molecule has 4 rings (SSSR count). The average Bonchev–Trinajstić information content (AvgIpc) is 3.02. The van der Waals surface area contributed by atoms with Gasteiger partial charge in [0.05, 0.1) is 23.7 Å². The number of amides is 2. The van der Waals surface area contributed by atoms with Crippen molar-refractivity contribution in [2.45, 2.75) is 37.6 Å². The Kier molecular flexibility index (Phi) is 5.32. The number of benzene rings is 1. The van der Waals surface area contributed by atoms with Gasteiger partial charge >= 0.3 is 0 Å². The molecule has 2 aliphatic rings. The molecule has 1 unspecified atom stereocenters. The van der Waals surface area contributed by atoms with Gasteiger partial charge in [0.1, 0.15) is 0 Å². The van der Waals surface area contributed by atoms with Crippen LogP contribution in [0.15, 0.2) is 18.2 Å². The van der Waals surface area contributed by atoms with Crippen LogP contribution in [-0.4, -0.2) is 59.0 Å². The number of carbonyl (C=O) groups excluding carboxylic acids is 2. The molecule has 8 nitrogen and oxygen atoms in total. The van der Waals surface area contributed by atoms with E-state index in [1.54, 1.807) is 4.68 Å². The van der Waals surface area contributed by atoms with E-state index in [1.807, 2.05) is 13.1 Å². The minimum Gasteiger partial charge on any atom is -0.395 e. The fourth-order valence-electron chi connectivity index (χ4n) is 4.41.